The van der Waals surface area contributed by atoms with Gasteiger partial charge in [-0.25, -0.2) is 0 Å². The summed E-state index contributed by atoms with van der Waals surface area (Å²) < 4.78 is 0. The van der Waals surface area contributed by atoms with Crippen LogP contribution in [-0.4, -0.2) is 5.91 Å². The van der Waals surface area contributed by atoms with Crippen molar-refractivity contribution in [1.29, 1.82) is 0 Å². The maximum Gasteiger partial charge on any atom is 0.241 e. The Hall–Kier alpha value is -1.84. The first-order chi connectivity index (χ1) is 10.1. The molecule has 3 nitrogen and oxygen atoms in total. The van der Waals surface area contributed by atoms with E-state index in [1.54, 1.807) is 0 Å². The second kappa shape index (κ2) is 7.25. The zero-order chi connectivity index (χ0) is 15.2. The molecule has 4 heteroatoms. The van der Waals surface area contributed by atoms with E-state index >= 15 is 0 Å². The molecule has 0 radical (unpaired) electrons. The quantitative estimate of drug-likeness (QED) is 0.886. The van der Waals surface area contributed by atoms with Gasteiger partial charge in [0.25, 0.3) is 0 Å². The monoisotopic (exact) mass is 302 g/mol. The molecule has 1 amide bonds. The van der Waals surface area contributed by atoms with E-state index in [4.69, 9.17) is 17.3 Å². The highest BCUT2D eigenvalue weighted by Crippen LogP contribution is 2.21. The summed E-state index contributed by atoms with van der Waals surface area (Å²) in [7, 11) is 0. The molecule has 0 aliphatic heterocycles. The number of rotatable bonds is 5. The molecule has 2 atom stereocenters. The number of benzene rings is 2. The molecule has 0 spiro atoms. The molecule has 21 heavy (non-hydrogen) atoms. The molecule has 0 saturated carbocycles. The van der Waals surface area contributed by atoms with Gasteiger partial charge in [0, 0.05) is 5.02 Å². The van der Waals surface area contributed by atoms with Crippen molar-refractivity contribution >= 4 is 17.5 Å². The Morgan fingerprint density at radius 2 is 1.81 bits per heavy atom. The number of nitrogens with one attached hydrogen (secondary N) is 1. The predicted octanol–water partition coefficient (Wildman–Crippen LogP) is 3.61. The minimum Gasteiger partial charge on any atom is -0.348 e. The van der Waals surface area contributed by atoms with Crippen LogP contribution in [0.4, 0.5) is 0 Å². The number of carbonyl (C=O) groups is 1. The van der Waals surface area contributed by atoms with Gasteiger partial charge in [-0.05, 0) is 29.7 Å². The van der Waals surface area contributed by atoms with Crippen molar-refractivity contribution in [2.45, 2.75) is 25.4 Å². The first-order valence-electron chi connectivity index (χ1n) is 6.98. The summed E-state index contributed by atoms with van der Waals surface area (Å²) in [5.74, 6) is -0.187. The number of halogens is 1. The Kier molecular flexibility index (Phi) is 5.37. The minimum atomic E-state index is -0.667. The number of hydrogen-bond donors (Lipinski definition) is 2. The van der Waals surface area contributed by atoms with Gasteiger partial charge in [0.1, 0.15) is 6.04 Å². The molecule has 1 unspecified atom stereocenters. The lowest BCUT2D eigenvalue weighted by Gasteiger charge is -2.20. The third-order valence-corrected chi connectivity index (χ3v) is 3.65. The van der Waals surface area contributed by atoms with Gasteiger partial charge in [-0.2, -0.15) is 0 Å². The largest absolute Gasteiger partial charge is 0.348 e. The molecule has 0 saturated heterocycles. The summed E-state index contributed by atoms with van der Waals surface area (Å²) in [6, 6.07) is 16.1. The van der Waals surface area contributed by atoms with E-state index in [1.165, 1.54) is 0 Å². The first kappa shape index (κ1) is 15.5. The number of carbonyl (C=O) groups excluding carboxylic acids is 1. The van der Waals surface area contributed by atoms with E-state index in [9.17, 15) is 4.79 Å². The fourth-order valence-corrected chi connectivity index (χ4v) is 2.42. The summed E-state index contributed by atoms with van der Waals surface area (Å²) >= 11 is 6.00. The molecule has 2 aromatic rings. The van der Waals surface area contributed by atoms with Crippen molar-refractivity contribution in [2.75, 3.05) is 0 Å². The van der Waals surface area contributed by atoms with Crippen LogP contribution in [0.5, 0.6) is 0 Å². The Labute approximate surface area is 130 Å². The summed E-state index contributed by atoms with van der Waals surface area (Å²) in [5, 5.41) is 3.65. The van der Waals surface area contributed by atoms with E-state index in [0.29, 0.717) is 5.02 Å². The van der Waals surface area contributed by atoms with Crippen molar-refractivity contribution in [3.8, 4) is 0 Å². The topological polar surface area (TPSA) is 55.1 Å². The van der Waals surface area contributed by atoms with Crippen molar-refractivity contribution in [3.05, 3.63) is 70.7 Å². The summed E-state index contributed by atoms with van der Waals surface area (Å²) in [4.78, 5) is 12.3. The Morgan fingerprint density at radius 1 is 1.14 bits per heavy atom. The number of amides is 1. The molecule has 3 N–H and O–H groups in total. The average molecular weight is 303 g/mol. The van der Waals surface area contributed by atoms with Crippen LogP contribution in [0.2, 0.25) is 5.02 Å². The van der Waals surface area contributed by atoms with Crippen LogP contribution >= 0.6 is 11.6 Å². The molecule has 0 heterocycles. The van der Waals surface area contributed by atoms with Gasteiger partial charge >= 0.3 is 0 Å². The van der Waals surface area contributed by atoms with Gasteiger partial charge in [-0.3, -0.25) is 4.79 Å². The molecular weight excluding hydrogens is 284 g/mol. The van der Waals surface area contributed by atoms with Crippen LogP contribution in [0, 0.1) is 0 Å². The highest BCUT2D eigenvalue weighted by atomic mass is 35.5. The van der Waals surface area contributed by atoms with Gasteiger partial charge in [-0.1, -0.05) is 61.0 Å². The minimum absolute atomic E-state index is 0.0917. The smallest absolute Gasteiger partial charge is 0.241 e. The third-order valence-electron chi connectivity index (χ3n) is 3.42. The zero-order valence-electron chi connectivity index (χ0n) is 11.9. The maximum atomic E-state index is 12.3. The van der Waals surface area contributed by atoms with Crippen molar-refractivity contribution in [1.82, 2.24) is 5.32 Å². The molecule has 110 valence electrons. The van der Waals surface area contributed by atoms with Gasteiger partial charge in [0.2, 0.25) is 5.91 Å². The van der Waals surface area contributed by atoms with E-state index in [2.05, 4.69) is 5.32 Å². The van der Waals surface area contributed by atoms with Crippen LogP contribution in [0.3, 0.4) is 0 Å². The molecule has 0 aliphatic rings. The molecule has 2 rings (SSSR count). The fourth-order valence-electron chi connectivity index (χ4n) is 2.22. The van der Waals surface area contributed by atoms with Crippen LogP contribution in [0.15, 0.2) is 54.6 Å². The molecule has 0 aromatic heterocycles. The average Bonchev–Trinajstić information content (AvgIpc) is 2.52. The summed E-state index contributed by atoms with van der Waals surface area (Å²) in [6.07, 6.45) is 0.771. The standard InChI is InChI=1S/C17H19ClN2O/c1-2-15(13-9-6-10-14(18)11-13)20-17(21)16(19)12-7-4-3-5-8-12/h3-11,15-16H,2,19H2,1H3,(H,20,21)/t15?,16-/m0/s1. The van der Waals surface area contributed by atoms with Gasteiger partial charge in [0.15, 0.2) is 0 Å². The maximum absolute atomic E-state index is 12.3. The first-order valence-corrected chi connectivity index (χ1v) is 7.36. The molecule has 0 bridgehead atoms. The fraction of sp³-hybridized carbons (Fsp3) is 0.235. The molecule has 0 aliphatic carbocycles. The van der Waals surface area contributed by atoms with Crippen molar-refractivity contribution < 1.29 is 4.79 Å². The Morgan fingerprint density at radius 3 is 2.43 bits per heavy atom. The lowest BCUT2D eigenvalue weighted by molar-refractivity contribution is -0.123. The zero-order valence-corrected chi connectivity index (χ0v) is 12.7. The summed E-state index contributed by atoms with van der Waals surface area (Å²) in [5.41, 5.74) is 7.80. The van der Waals surface area contributed by atoms with Crippen molar-refractivity contribution in [2.24, 2.45) is 5.73 Å². The lowest BCUT2D eigenvalue weighted by atomic mass is 10.0. The van der Waals surface area contributed by atoms with Crippen LogP contribution in [0.25, 0.3) is 0 Å². The van der Waals surface area contributed by atoms with Gasteiger partial charge in [0.05, 0.1) is 6.04 Å². The van der Waals surface area contributed by atoms with Crippen LogP contribution < -0.4 is 11.1 Å². The Balaban J connectivity index is 2.10. The van der Waals surface area contributed by atoms with Gasteiger partial charge < -0.3 is 11.1 Å². The molecule has 2 aromatic carbocycles. The SMILES string of the molecule is CCC(NC(=O)[C@@H](N)c1ccccc1)c1cccc(Cl)c1. The van der Waals surface area contributed by atoms with E-state index in [-0.39, 0.29) is 11.9 Å². The highest BCUT2D eigenvalue weighted by molar-refractivity contribution is 6.30. The third kappa shape index (κ3) is 4.06. The molecular formula is C17H19ClN2O. The van der Waals surface area contributed by atoms with Crippen molar-refractivity contribution in [3.63, 3.8) is 0 Å². The number of nitrogens with two attached hydrogens (primary N) is 1. The predicted molar refractivity (Wildman–Crippen MR) is 86.0 cm³/mol. The van der Waals surface area contributed by atoms with Crippen LogP contribution in [0.1, 0.15) is 36.6 Å². The van der Waals surface area contributed by atoms with Crippen LogP contribution in [-0.2, 0) is 4.79 Å². The van der Waals surface area contributed by atoms with E-state index < -0.39 is 6.04 Å². The lowest BCUT2D eigenvalue weighted by Crippen LogP contribution is -2.36. The number of hydrogen-bond acceptors (Lipinski definition) is 2. The van der Waals surface area contributed by atoms with Gasteiger partial charge in [-0.15, -0.1) is 0 Å². The second-order valence-corrected chi connectivity index (χ2v) is 5.35. The van der Waals surface area contributed by atoms with E-state index in [0.717, 1.165) is 17.5 Å². The second-order valence-electron chi connectivity index (χ2n) is 4.91. The normalized spacial score (nSPS) is 13.5. The highest BCUT2D eigenvalue weighted by Gasteiger charge is 2.19. The Bertz CT molecular complexity index is 601. The summed E-state index contributed by atoms with van der Waals surface area (Å²) in [6.45, 7) is 2.01. The van der Waals surface area contributed by atoms with E-state index in [1.807, 2.05) is 61.5 Å². The molecule has 0 fully saturated rings.